The Balaban J connectivity index is 2.14. The predicted octanol–water partition coefficient (Wildman–Crippen LogP) is 3.23. The van der Waals surface area contributed by atoms with E-state index in [1.165, 1.54) is 17.8 Å². The van der Waals surface area contributed by atoms with E-state index in [9.17, 15) is 4.39 Å². The molecule has 20 heavy (non-hydrogen) atoms. The maximum Gasteiger partial charge on any atom is 0.191 e. The van der Waals surface area contributed by atoms with Crippen LogP contribution in [0.4, 0.5) is 4.39 Å². The van der Waals surface area contributed by atoms with Crippen molar-refractivity contribution in [3.63, 3.8) is 0 Å². The zero-order valence-electron chi connectivity index (χ0n) is 11.1. The van der Waals surface area contributed by atoms with E-state index in [0.29, 0.717) is 12.3 Å². The number of nitrogens with two attached hydrogens (primary N) is 1. The van der Waals surface area contributed by atoms with E-state index < -0.39 is 5.82 Å². The summed E-state index contributed by atoms with van der Waals surface area (Å²) in [6.07, 6.45) is 0.972. The molecule has 2 N–H and O–H groups in total. The van der Waals surface area contributed by atoms with Gasteiger partial charge < -0.3 is 10.3 Å². The lowest BCUT2D eigenvalue weighted by Crippen LogP contribution is -2.09. The first-order chi connectivity index (χ1) is 9.67. The van der Waals surface area contributed by atoms with Crippen LogP contribution in [0.15, 0.2) is 23.4 Å². The fourth-order valence-corrected chi connectivity index (χ4v) is 3.08. The number of benzene rings is 1. The molecule has 1 heterocycles. The molecule has 0 aliphatic rings. The van der Waals surface area contributed by atoms with Gasteiger partial charge in [0.25, 0.3) is 0 Å². The average molecular weight is 315 g/mol. The van der Waals surface area contributed by atoms with Crippen LogP contribution in [0.2, 0.25) is 5.02 Å². The third-order valence-electron chi connectivity index (χ3n) is 2.81. The molecule has 0 fully saturated rings. The molecular formula is C13H16ClFN4S. The molecule has 0 saturated heterocycles. The molecule has 0 radical (unpaired) electrons. The SMILES string of the molecule is CCCn1c(CN)nnc1SCc1cccc(F)c1Cl. The average Bonchev–Trinajstić information content (AvgIpc) is 2.83. The minimum atomic E-state index is -0.401. The topological polar surface area (TPSA) is 56.7 Å². The van der Waals surface area contributed by atoms with Gasteiger partial charge in [0.2, 0.25) is 0 Å². The Morgan fingerprint density at radius 3 is 2.90 bits per heavy atom. The van der Waals surface area contributed by atoms with Crippen molar-refractivity contribution in [1.82, 2.24) is 14.8 Å². The Morgan fingerprint density at radius 2 is 2.20 bits per heavy atom. The molecule has 0 aliphatic heterocycles. The summed E-state index contributed by atoms with van der Waals surface area (Å²) in [6.45, 7) is 3.26. The monoisotopic (exact) mass is 314 g/mol. The van der Waals surface area contributed by atoms with Gasteiger partial charge >= 0.3 is 0 Å². The number of hydrogen-bond acceptors (Lipinski definition) is 4. The van der Waals surface area contributed by atoms with Crippen LogP contribution < -0.4 is 5.73 Å². The highest BCUT2D eigenvalue weighted by Crippen LogP contribution is 2.27. The van der Waals surface area contributed by atoms with Gasteiger partial charge in [-0.05, 0) is 18.1 Å². The summed E-state index contributed by atoms with van der Waals surface area (Å²) >= 11 is 7.42. The van der Waals surface area contributed by atoms with Gasteiger partial charge in [0.15, 0.2) is 5.16 Å². The van der Waals surface area contributed by atoms with E-state index in [1.54, 1.807) is 6.07 Å². The van der Waals surface area contributed by atoms with Gasteiger partial charge in [0, 0.05) is 12.3 Å². The van der Waals surface area contributed by atoms with Crippen LogP contribution in [0.25, 0.3) is 0 Å². The van der Waals surface area contributed by atoms with Crippen LogP contribution in [-0.4, -0.2) is 14.8 Å². The molecule has 0 unspecified atom stereocenters. The van der Waals surface area contributed by atoms with Gasteiger partial charge in [-0.2, -0.15) is 0 Å². The van der Waals surface area contributed by atoms with Crippen molar-refractivity contribution in [2.45, 2.75) is 37.3 Å². The van der Waals surface area contributed by atoms with Crippen LogP contribution in [-0.2, 0) is 18.8 Å². The second-order valence-corrected chi connectivity index (χ2v) is 5.58. The lowest BCUT2D eigenvalue weighted by atomic mass is 10.2. The zero-order chi connectivity index (χ0) is 14.5. The normalized spacial score (nSPS) is 11.0. The molecule has 0 amide bonds. The summed E-state index contributed by atoms with van der Waals surface area (Å²) < 4.78 is 15.4. The molecule has 0 atom stereocenters. The molecule has 0 aliphatic carbocycles. The van der Waals surface area contributed by atoms with E-state index >= 15 is 0 Å². The highest BCUT2D eigenvalue weighted by molar-refractivity contribution is 7.98. The fraction of sp³-hybridized carbons (Fsp3) is 0.385. The van der Waals surface area contributed by atoms with Crippen LogP contribution >= 0.6 is 23.4 Å². The molecule has 1 aromatic carbocycles. The molecule has 108 valence electrons. The van der Waals surface area contributed by atoms with Crippen LogP contribution in [0, 0.1) is 5.82 Å². The van der Waals surface area contributed by atoms with E-state index in [2.05, 4.69) is 17.1 Å². The molecular weight excluding hydrogens is 299 g/mol. The van der Waals surface area contributed by atoms with Crippen LogP contribution in [0.3, 0.4) is 0 Å². The van der Waals surface area contributed by atoms with Gasteiger partial charge in [-0.1, -0.05) is 42.4 Å². The summed E-state index contributed by atoms with van der Waals surface area (Å²) in [6, 6.07) is 4.81. The second-order valence-electron chi connectivity index (χ2n) is 4.26. The van der Waals surface area contributed by atoms with Crippen LogP contribution in [0.5, 0.6) is 0 Å². The number of nitrogens with zero attached hydrogens (tertiary/aromatic N) is 3. The summed E-state index contributed by atoms with van der Waals surface area (Å²) in [5.74, 6) is 0.908. The molecule has 0 bridgehead atoms. The first-order valence-corrected chi connectivity index (χ1v) is 7.71. The molecule has 1 aromatic heterocycles. The number of aromatic nitrogens is 3. The predicted molar refractivity (Wildman–Crippen MR) is 79.2 cm³/mol. The molecule has 0 saturated carbocycles. The Kier molecular flexibility index (Phi) is 5.39. The molecule has 2 rings (SSSR count). The highest BCUT2D eigenvalue weighted by Gasteiger charge is 2.12. The Labute approximate surface area is 126 Å². The number of halogens is 2. The van der Waals surface area contributed by atoms with Gasteiger partial charge in [0.1, 0.15) is 11.6 Å². The summed E-state index contributed by atoms with van der Waals surface area (Å²) in [4.78, 5) is 0. The maximum absolute atomic E-state index is 13.4. The number of hydrogen-bond donors (Lipinski definition) is 1. The molecule has 7 heteroatoms. The van der Waals surface area contributed by atoms with Gasteiger partial charge in [-0.25, -0.2) is 4.39 Å². The smallest absolute Gasteiger partial charge is 0.191 e. The van der Waals surface area contributed by atoms with Gasteiger partial charge in [-0.3, -0.25) is 0 Å². The lowest BCUT2D eigenvalue weighted by Gasteiger charge is -2.08. The lowest BCUT2D eigenvalue weighted by molar-refractivity contribution is 0.592. The molecule has 0 spiro atoms. The highest BCUT2D eigenvalue weighted by atomic mass is 35.5. The van der Waals surface area contributed by atoms with Crippen LogP contribution in [0.1, 0.15) is 24.7 Å². The van der Waals surface area contributed by atoms with E-state index in [-0.39, 0.29) is 5.02 Å². The van der Waals surface area contributed by atoms with Crippen molar-refractivity contribution in [3.8, 4) is 0 Å². The quantitative estimate of drug-likeness (QED) is 0.832. The maximum atomic E-state index is 13.4. The summed E-state index contributed by atoms with van der Waals surface area (Å²) in [5, 5.41) is 9.15. The van der Waals surface area contributed by atoms with Crippen molar-refractivity contribution < 1.29 is 4.39 Å². The van der Waals surface area contributed by atoms with E-state index in [4.69, 9.17) is 17.3 Å². The number of rotatable bonds is 6. The second kappa shape index (κ2) is 7.06. The third-order valence-corrected chi connectivity index (χ3v) is 4.25. The summed E-state index contributed by atoms with van der Waals surface area (Å²) in [7, 11) is 0. The Hall–Kier alpha value is -1.11. The van der Waals surface area contributed by atoms with E-state index in [1.807, 2.05) is 10.6 Å². The molecule has 4 nitrogen and oxygen atoms in total. The fourth-order valence-electron chi connectivity index (χ4n) is 1.83. The molecule has 2 aromatic rings. The minimum absolute atomic E-state index is 0.167. The van der Waals surface area contributed by atoms with Crippen molar-refractivity contribution >= 4 is 23.4 Å². The minimum Gasteiger partial charge on any atom is -0.324 e. The van der Waals surface area contributed by atoms with Crippen molar-refractivity contribution in [2.24, 2.45) is 5.73 Å². The first kappa shape index (κ1) is 15.3. The first-order valence-electron chi connectivity index (χ1n) is 6.35. The largest absolute Gasteiger partial charge is 0.324 e. The number of thioether (sulfide) groups is 1. The Bertz CT molecular complexity index is 588. The van der Waals surface area contributed by atoms with Gasteiger partial charge in [0.05, 0.1) is 11.6 Å². The zero-order valence-corrected chi connectivity index (χ0v) is 12.7. The Morgan fingerprint density at radius 1 is 1.40 bits per heavy atom. The van der Waals surface area contributed by atoms with E-state index in [0.717, 1.165) is 29.5 Å². The van der Waals surface area contributed by atoms with Gasteiger partial charge in [-0.15, -0.1) is 10.2 Å². The van der Waals surface area contributed by atoms with Crippen molar-refractivity contribution in [3.05, 3.63) is 40.4 Å². The standard InChI is InChI=1S/C13H16ClFN4S/c1-2-6-19-11(7-16)17-18-13(19)20-8-9-4-3-5-10(15)12(9)14/h3-5H,2,6-8,16H2,1H3. The van der Waals surface area contributed by atoms with Crippen molar-refractivity contribution in [1.29, 1.82) is 0 Å². The van der Waals surface area contributed by atoms with Crippen molar-refractivity contribution in [2.75, 3.05) is 0 Å². The third kappa shape index (κ3) is 3.31. The summed E-state index contributed by atoms with van der Waals surface area (Å²) in [5.41, 5.74) is 6.39.